The Bertz CT molecular complexity index is 939. The lowest BCUT2D eigenvalue weighted by Crippen LogP contribution is -2.33. The molecule has 0 spiro atoms. The van der Waals surface area contributed by atoms with Crippen LogP contribution >= 0.6 is 0 Å². The molecule has 5 heteroatoms. The number of para-hydroxylation sites is 3. The van der Waals surface area contributed by atoms with Crippen molar-refractivity contribution in [1.82, 2.24) is 5.32 Å². The van der Waals surface area contributed by atoms with Crippen molar-refractivity contribution in [3.63, 3.8) is 0 Å². The lowest BCUT2D eigenvalue weighted by Gasteiger charge is -2.13. The van der Waals surface area contributed by atoms with E-state index in [2.05, 4.69) is 10.6 Å². The predicted octanol–water partition coefficient (Wildman–Crippen LogP) is 4.16. The molecule has 5 nitrogen and oxygen atoms in total. The molecule has 0 atom stereocenters. The Morgan fingerprint density at radius 2 is 1.52 bits per heavy atom. The smallest absolute Gasteiger partial charge is 0.251 e. The summed E-state index contributed by atoms with van der Waals surface area (Å²) in [6.45, 7) is 1.72. The molecular formula is C22H20N2O3. The number of amides is 2. The fourth-order valence-corrected chi connectivity index (χ4v) is 2.55. The molecule has 0 bridgehead atoms. The van der Waals surface area contributed by atoms with Crippen LogP contribution in [0.15, 0.2) is 78.9 Å². The van der Waals surface area contributed by atoms with Crippen LogP contribution in [0.3, 0.4) is 0 Å². The maximum atomic E-state index is 12.3. The molecule has 2 amide bonds. The summed E-state index contributed by atoms with van der Waals surface area (Å²) >= 11 is 0. The summed E-state index contributed by atoms with van der Waals surface area (Å²) in [5, 5.41) is 5.41. The predicted molar refractivity (Wildman–Crippen MR) is 105 cm³/mol. The number of aryl methyl sites for hydroxylation is 1. The topological polar surface area (TPSA) is 67.4 Å². The molecular weight excluding hydrogens is 340 g/mol. The number of hydrogen-bond acceptors (Lipinski definition) is 3. The van der Waals surface area contributed by atoms with Crippen LogP contribution in [-0.4, -0.2) is 18.4 Å². The summed E-state index contributed by atoms with van der Waals surface area (Å²) in [5.74, 6) is 0.590. The van der Waals surface area contributed by atoms with E-state index < -0.39 is 0 Å². The number of nitrogens with one attached hydrogen (secondary N) is 2. The second kappa shape index (κ2) is 8.67. The molecule has 2 N–H and O–H groups in total. The van der Waals surface area contributed by atoms with Crippen molar-refractivity contribution in [3.8, 4) is 11.5 Å². The van der Waals surface area contributed by atoms with Gasteiger partial charge in [0.25, 0.3) is 5.91 Å². The van der Waals surface area contributed by atoms with E-state index in [1.54, 1.807) is 30.3 Å². The minimum atomic E-state index is -0.332. The SMILES string of the molecule is Cc1ccccc1C(=O)NCC(=O)Nc1ccccc1Oc1ccccc1. The summed E-state index contributed by atoms with van der Waals surface area (Å²) in [6.07, 6.45) is 0. The fraction of sp³-hybridized carbons (Fsp3) is 0.0909. The zero-order valence-electron chi connectivity index (χ0n) is 14.9. The molecule has 0 aliphatic heterocycles. The van der Waals surface area contributed by atoms with Gasteiger partial charge in [-0.1, -0.05) is 48.5 Å². The van der Waals surface area contributed by atoms with Gasteiger partial charge in [0.2, 0.25) is 5.91 Å². The molecule has 0 fully saturated rings. The summed E-state index contributed by atoms with van der Waals surface area (Å²) in [7, 11) is 0. The van der Waals surface area contributed by atoms with Crippen molar-refractivity contribution in [3.05, 3.63) is 90.0 Å². The lowest BCUT2D eigenvalue weighted by molar-refractivity contribution is -0.115. The fourth-order valence-electron chi connectivity index (χ4n) is 2.55. The number of carbonyl (C=O) groups excluding carboxylic acids is 2. The molecule has 0 heterocycles. The number of hydrogen-bond donors (Lipinski definition) is 2. The highest BCUT2D eigenvalue weighted by atomic mass is 16.5. The number of benzene rings is 3. The first-order valence-electron chi connectivity index (χ1n) is 8.59. The van der Waals surface area contributed by atoms with Crippen LogP contribution in [0.2, 0.25) is 0 Å². The largest absolute Gasteiger partial charge is 0.455 e. The third-order valence-corrected chi connectivity index (χ3v) is 3.93. The molecule has 0 unspecified atom stereocenters. The van der Waals surface area contributed by atoms with Gasteiger partial charge in [0.1, 0.15) is 5.75 Å². The maximum absolute atomic E-state index is 12.3. The van der Waals surface area contributed by atoms with E-state index in [4.69, 9.17) is 4.74 Å². The van der Waals surface area contributed by atoms with Crippen molar-refractivity contribution in [2.45, 2.75) is 6.92 Å². The number of ether oxygens (including phenoxy) is 1. The van der Waals surface area contributed by atoms with E-state index in [1.165, 1.54) is 0 Å². The minimum absolute atomic E-state index is 0.132. The minimum Gasteiger partial charge on any atom is -0.455 e. The van der Waals surface area contributed by atoms with Gasteiger partial charge in [0.15, 0.2) is 5.75 Å². The van der Waals surface area contributed by atoms with Crippen molar-refractivity contribution >= 4 is 17.5 Å². The summed E-state index contributed by atoms with van der Waals surface area (Å²) in [6, 6.07) is 23.7. The average Bonchev–Trinajstić information content (AvgIpc) is 2.69. The van der Waals surface area contributed by atoms with E-state index in [1.807, 2.05) is 55.5 Å². The molecule has 0 aliphatic rings. The van der Waals surface area contributed by atoms with Gasteiger partial charge in [-0.3, -0.25) is 9.59 Å². The van der Waals surface area contributed by atoms with Crippen molar-refractivity contribution in [1.29, 1.82) is 0 Å². The van der Waals surface area contributed by atoms with Crippen LogP contribution in [-0.2, 0) is 4.79 Å². The molecule has 0 aliphatic carbocycles. The number of carbonyl (C=O) groups is 2. The number of rotatable bonds is 6. The van der Waals surface area contributed by atoms with Crippen molar-refractivity contribution < 1.29 is 14.3 Å². The third-order valence-electron chi connectivity index (χ3n) is 3.93. The van der Waals surface area contributed by atoms with E-state index >= 15 is 0 Å². The van der Waals surface area contributed by atoms with Crippen molar-refractivity contribution in [2.75, 3.05) is 11.9 Å². The highest BCUT2D eigenvalue weighted by Gasteiger charge is 2.12. The summed E-state index contributed by atoms with van der Waals surface area (Å²) < 4.78 is 5.82. The monoisotopic (exact) mass is 360 g/mol. The van der Waals surface area contributed by atoms with Crippen LogP contribution < -0.4 is 15.4 Å². The van der Waals surface area contributed by atoms with Gasteiger partial charge in [0.05, 0.1) is 12.2 Å². The van der Waals surface area contributed by atoms with Crippen LogP contribution in [0.5, 0.6) is 11.5 Å². The third kappa shape index (κ3) is 4.95. The summed E-state index contributed by atoms with van der Waals surface area (Å²) in [4.78, 5) is 24.5. The Labute approximate surface area is 158 Å². The Morgan fingerprint density at radius 1 is 0.852 bits per heavy atom. The Kier molecular flexibility index (Phi) is 5.84. The van der Waals surface area contributed by atoms with E-state index in [9.17, 15) is 9.59 Å². The van der Waals surface area contributed by atoms with E-state index in [0.29, 0.717) is 22.7 Å². The average molecular weight is 360 g/mol. The van der Waals surface area contributed by atoms with Crippen LogP contribution in [0.1, 0.15) is 15.9 Å². The van der Waals surface area contributed by atoms with Gasteiger partial charge in [-0.15, -0.1) is 0 Å². The summed E-state index contributed by atoms with van der Waals surface area (Å²) in [5.41, 5.74) is 1.95. The van der Waals surface area contributed by atoms with Gasteiger partial charge in [-0.2, -0.15) is 0 Å². The zero-order chi connectivity index (χ0) is 19.1. The molecule has 3 aromatic carbocycles. The number of anilines is 1. The van der Waals surface area contributed by atoms with Gasteiger partial charge < -0.3 is 15.4 Å². The zero-order valence-corrected chi connectivity index (χ0v) is 14.9. The Balaban J connectivity index is 1.61. The van der Waals surface area contributed by atoms with Crippen LogP contribution in [0.4, 0.5) is 5.69 Å². The first-order chi connectivity index (χ1) is 13.1. The van der Waals surface area contributed by atoms with Gasteiger partial charge in [-0.25, -0.2) is 0 Å². The second-order valence-corrected chi connectivity index (χ2v) is 5.96. The first-order valence-corrected chi connectivity index (χ1v) is 8.59. The molecule has 136 valence electrons. The second-order valence-electron chi connectivity index (χ2n) is 5.96. The maximum Gasteiger partial charge on any atom is 0.251 e. The molecule has 0 saturated carbocycles. The Morgan fingerprint density at radius 3 is 2.30 bits per heavy atom. The van der Waals surface area contributed by atoms with Gasteiger partial charge in [0, 0.05) is 5.56 Å². The van der Waals surface area contributed by atoms with Gasteiger partial charge >= 0.3 is 0 Å². The standard InChI is InChI=1S/C22H20N2O3/c1-16-9-5-6-12-18(16)22(26)23-15-21(25)24-19-13-7-8-14-20(19)27-17-10-3-2-4-11-17/h2-14H,15H2,1H3,(H,23,26)(H,24,25). The molecule has 0 radical (unpaired) electrons. The van der Waals surface area contributed by atoms with Crippen LogP contribution in [0.25, 0.3) is 0 Å². The van der Waals surface area contributed by atoms with E-state index in [0.717, 1.165) is 5.56 Å². The first kappa shape index (κ1) is 18.2. The quantitative estimate of drug-likeness (QED) is 0.694. The Hall–Kier alpha value is -3.60. The molecule has 3 aromatic rings. The molecule has 0 aromatic heterocycles. The molecule has 27 heavy (non-hydrogen) atoms. The molecule has 3 rings (SSSR count). The highest BCUT2D eigenvalue weighted by Crippen LogP contribution is 2.28. The normalized spacial score (nSPS) is 10.1. The van der Waals surface area contributed by atoms with Crippen molar-refractivity contribution in [2.24, 2.45) is 0 Å². The van der Waals surface area contributed by atoms with Gasteiger partial charge in [-0.05, 0) is 42.8 Å². The van der Waals surface area contributed by atoms with Crippen LogP contribution in [0, 0.1) is 6.92 Å². The van der Waals surface area contributed by atoms with E-state index in [-0.39, 0.29) is 18.4 Å². The lowest BCUT2D eigenvalue weighted by atomic mass is 10.1. The molecule has 0 saturated heterocycles. The highest BCUT2D eigenvalue weighted by molar-refractivity contribution is 6.00.